The molecule has 0 amide bonds. The number of nitrogens with one attached hydrogen (secondary N) is 6. The summed E-state index contributed by atoms with van der Waals surface area (Å²) < 4.78 is 0. The fourth-order valence-corrected chi connectivity index (χ4v) is 0. The summed E-state index contributed by atoms with van der Waals surface area (Å²) in [5, 5.41) is 0. The second kappa shape index (κ2) is 20.8. The van der Waals surface area contributed by atoms with Crippen molar-refractivity contribution in [3.8, 4) is 0 Å². The Labute approximate surface area is 113 Å². The Kier molecular flexibility index (Phi) is 32.8. The predicted octanol–water partition coefficient (Wildman–Crippen LogP) is 4.44. The van der Waals surface area contributed by atoms with Crippen LogP contribution in [0.2, 0.25) is 0 Å². The van der Waals surface area contributed by atoms with Crippen LogP contribution in [-0.4, -0.2) is 37.8 Å². The molecule has 0 saturated heterocycles. The van der Waals surface area contributed by atoms with Crippen LogP contribution >= 0.6 is 0 Å². The first kappa shape index (κ1) is 25.3. The van der Waals surface area contributed by atoms with E-state index in [1.54, 1.807) is 20.8 Å². The summed E-state index contributed by atoms with van der Waals surface area (Å²) in [5.74, 6) is 0. The van der Waals surface area contributed by atoms with Gasteiger partial charge in [-0.3, -0.25) is 0 Å². The molecule has 0 fully saturated rings. The van der Waals surface area contributed by atoms with Crippen molar-refractivity contribution < 1.29 is 19.5 Å². The van der Waals surface area contributed by atoms with E-state index in [9.17, 15) is 0 Å². The number of rotatable bonds is 3. The molecule has 0 heterocycles. The molecule has 0 aliphatic heterocycles. The molecular formula is C9H24N6Zn-4. The van der Waals surface area contributed by atoms with Gasteiger partial charge in [0.05, 0.1) is 0 Å². The molecule has 3 atom stereocenters. The van der Waals surface area contributed by atoms with Gasteiger partial charge in [0.15, 0.2) is 0 Å². The number of hydrogen-bond acceptors (Lipinski definition) is 0. The molecule has 96 valence electrons. The van der Waals surface area contributed by atoms with Gasteiger partial charge in [0.25, 0.3) is 0 Å². The quantitative estimate of drug-likeness (QED) is 0.674. The van der Waals surface area contributed by atoms with E-state index in [4.69, 9.17) is 34.4 Å². The Morgan fingerprint density at radius 1 is 0.625 bits per heavy atom. The van der Waals surface area contributed by atoms with Crippen LogP contribution in [0.4, 0.5) is 0 Å². The molecule has 6 N–H and O–H groups in total. The van der Waals surface area contributed by atoms with E-state index in [1.807, 2.05) is 0 Å². The van der Waals surface area contributed by atoms with Crippen molar-refractivity contribution in [3.05, 3.63) is 34.4 Å². The van der Waals surface area contributed by atoms with Crippen LogP contribution in [0.5, 0.6) is 0 Å². The molecule has 0 spiro atoms. The van der Waals surface area contributed by atoms with E-state index in [-0.39, 0.29) is 57.2 Å². The van der Waals surface area contributed by atoms with Gasteiger partial charge in [-0.1, -0.05) is 20.8 Å². The van der Waals surface area contributed by atoms with Gasteiger partial charge in [-0.05, 0) is 0 Å². The summed E-state index contributed by atoms with van der Waals surface area (Å²) >= 11 is 0. The van der Waals surface area contributed by atoms with Crippen LogP contribution in [0.15, 0.2) is 0 Å². The van der Waals surface area contributed by atoms with Gasteiger partial charge in [0.1, 0.15) is 0 Å². The first-order valence-electron chi connectivity index (χ1n) is 4.88. The van der Waals surface area contributed by atoms with Crippen molar-refractivity contribution in [2.45, 2.75) is 38.9 Å². The van der Waals surface area contributed by atoms with E-state index < -0.39 is 0 Å². The van der Waals surface area contributed by atoms with Crippen molar-refractivity contribution >= 4 is 0 Å². The Hall–Kier alpha value is 0.383. The van der Waals surface area contributed by atoms with Crippen molar-refractivity contribution in [1.82, 2.24) is 0 Å². The maximum atomic E-state index is 6.64. The molecule has 3 unspecified atom stereocenters. The maximum absolute atomic E-state index is 6.64. The van der Waals surface area contributed by atoms with Gasteiger partial charge in [-0.2, -0.15) is 37.8 Å². The molecule has 0 radical (unpaired) electrons. The van der Waals surface area contributed by atoms with Crippen molar-refractivity contribution in [2.24, 2.45) is 0 Å². The normalized spacial score (nSPS) is 14.1. The average molecular weight is 282 g/mol. The molecule has 0 aromatic rings. The molecule has 0 bridgehead atoms. The zero-order chi connectivity index (χ0) is 12.9. The number of hydrogen-bond donors (Lipinski definition) is 0. The third-order valence-electron chi connectivity index (χ3n) is 0.919. The summed E-state index contributed by atoms with van der Waals surface area (Å²) in [4.78, 5) is 0. The minimum absolute atomic E-state index is 0. The molecular weight excluding hydrogens is 258 g/mol. The third kappa shape index (κ3) is 63.2. The SMILES string of the molecule is CC([NH-])C[NH-].CC([NH-])C[NH-].CC([NH-])C[NH-].[Zn+2]. The zero-order valence-electron chi connectivity index (χ0n) is 10.6. The molecule has 0 saturated carbocycles. The first-order valence-corrected chi connectivity index (χ1v) is 4.88. The fourth-order valence-electron chi connectivity index (χ4n) is 0. The summed E-state index contributed by atoms with van der Waals surface area (Å²) in [6, 6.07) is -0.597. The third-order valence-corrected chi connectivity index (χ3v) is 0.919. The van der Waals surface area contributed by atoms with Gasteiger partial charge in [0, 0.05) is 0 Å². The van der Waals surface area contributed by atoms with Crippen molar-refractivity contribution in [3.63, 3.8) is 0 Å². The van der Waals surface area contributed by atoms with E-state index in [1.165, 1.54) is 0 Å². The molecule has 0 rings (SSSR count). The topological polar surface area (TPSA) is 143 Å². The Bertz CT molecular complexity index is 81.0. The van der Waals surface area contributed by atoms with Crippen LogP contribution in [0.25, 0.3) is 34.4 Å². The van der Waals surface area contributed by atoms with Crippen LogP contribution in [0, 0.1) is 0 Å². The predicted molar refractivity (Wildman–Crippen MR) is 68.9 cm³/mol. The van der Waals surface area contributed by atoms with Crippen molar-refractivity contribution in [1.29, 1.82) is 0 Å². The monoisotopic (exact) mass is 280 g/mol. The van der Waals surface area contributed by atoms with Gasteiger partial charge in [-0.15, -0.1) is 0 Å². The Morgan fingerprint density at radius 2 is 0.688 bits per heavy atom. The molecule has 0 aromatic heterocycles. The fraction of sp³-hybridized carbons (Fsp3) is 1.00. The first-order chi connectivity index (χ1) is 6.81. The summed E-state index contributed by atoms with van der Waals surface area (Å²) in [7, 11) is 0. The summed E-state index contributed by atoms with van der Waals surface area (Å²) in [6.45, 7) is 5.77. The largest absolute Gasteiger partial charge is 2.00 e. The van der Waals surface area contributed by atoms with E-state index in [2.05, 4.69) is 0 Å². The molecule has 7 heteroatoms. The molecule has 0 aromatic carbocycles. The summed E-state index contributed by atoms with van der Waals surface area (Å²) in [5.41, 5.74) is 39.3. The van der Waals surface area contributed by atoms with E-state index >= 15 is 0 Å². The maximum Gasteiger partial charge on any atom is 2.00 e. The van der Waals surface area contributed by atoms with E-state index in [0.717, 1.165) is 0 Å². The smallest absolute Gasteiger partial charge is 0.679 e. The molecule has 6 nitrogen and oxygen atoms in total. The van der Waals surface area contributed by atoms with Crippen LogP contribution < -0.4 is 0 Å². The van der Waals surface area contributed by atoms with Gasteiger partial charge >= 0.3 is 19.5 Å². The van der Waals surface area contributed by atoms with Crippen LogP contribution in [0.3, 0.4) is 0 Å². The second-order valence-electron chi connectivity index (χ2n) is 3.32. The summed E-state index contributed by atoms with van der Waals surface area (Å²) in [6.07, 6.45) is 0. The molecule has 0 aliphatic carbocycles. The molecule has 16 heavy (non-hydrogen) atoms. The Morgan fingerprint density at radius 3 is 0.688 bits per heavy atom. The van der Waals surface area contributed by atoms with Gasteiger partial charge < -0.3 is 34.4 Å². The van der Waals surface area contributed by atoms with Crippen LogP contribution in [0.1, 0.15) is 20.8 Å². The van der Waals surface area contributed by atoms with Crippen molar-refractivity contribution in [2.75, 3.05) is 19.6 Å². The van der Waals surface area contributed by atoms with E-state index in [0.29, 0.717) is 0 Å². The van der Waals surface area contributed by atoms with Crippen LogP contribution in [-0.2, 0) is 19.5 Å². The Balaban J connectivity index is -0.0000000655. The standard InChI is InChI=1S/3C3H8N2.Zn/c3*1-3(5)2-4;/h3*3-5H,2H2,1H3;/q3*-2;+2. The van der Waals surface area contributed by atoms with Gasteiger partial charge in [0.2, 0.25) is 0 Å². The average Bonchev–Trinajstić information content (AvgIpc) is 2.19. The van der Waals surface area contributed by atoms with Gasteiger partial charge in [-0.25, -0.2) is 0 Å². The second-order valence-corrected chi connectivity index (χ2v) is 3.32. The zero-order valence-corrected chi connectivity index (χ0v) is 13.5. The minimum Gasteiger partial charge on any atom is -0.679 e. The molecule has 0 aliphatic rings. The minimum atomic E-state index is -0.199.